The van der Waals surface area contributed by atoms with E-state index in [1.165, 1.54) is 11.3 Å². The molecule has 38 heavy (non-hydrogen) atoms. The molecule has 3 saturated carbocycles. The van der Waals surface area contributed by atoms with Crippen LogP contribution in [0.2, 0.25) is 10.0 Å². The standard InChI is InChI=1S/C28H23Cl2N3O3S.CH4/c29-19-2-1-3-20(30)23(19)24-18(25(36-33-24)16-5-6-16)12-35-17-9-27(10-17)13-28(34,14-27)26-32-21-7-4-15(11-31)8-22(21)37-26;/h1-4,7-8,16-17,34H,5-6,9-10,12-14H2;1H4. The zero-order valence-electron chi connectivity index (χ0n) is 19.8. The molecule has 0 amide bonds. The SMILES string of the molecule is C.N#Cc1ccc2nc(C3(O)CC4(CC(OCc5c(-c6c(Cl)cccc6Cl)noc5C5CC5)C4)C3)sc2c1. The van der Waals surface area contributed by atoms with Crippen molar-refractivity contribution in [3.8, 4) is 17.3 Å². The molecule has 9 heteroatoms. The fraction of sp³-hybridized carbons (Fsp3) is 0.414. The third-order valence-electron chi connectivity index (χ3n) is 8.00. The lowest BCUT2D eigenvalue weighted by molar-refractivity contribution is -0.215. The number of aromatic nitrogens is 2. The molecule has 0 radical (unpaired) electrons. The van der Waals surface area contributed by atoms with Gasteiger partial charge in [-0.05, 0) is 74.3 Å². The van der Waals surface area contributed by atoms with E-state index in [2.05, 4.69) is 16.2 Å². The molecule has 6 nitrogen and oxygen atoms in total. The van der Waals surface area contributed by atoms with Gasteiger partial charge in [-0.3, -0.25) is 0 Å². The highest BCUT2D eigenvalue weighted by Crippen LogP contribution is 2.65. The average Bonchev–Trinajstić information content (AvgIpc) is 3.45. The minimum absolute atomic E-state index is 0. The molecule has 0 bridgehead atoms. The third-order valence-corrected chi connectivity index (χ3v) is 9.84. The van der Waals surface area contributed by atoms with E-state index in [1.54, 1.807) is 18.2 Å². The summed E-state index contributed by atoms with van der Waals surface area (Å²) in [6.07, 6.45) is 5.49. The Morgan fingerprint density at radius 2 is 1.89 bits per heavy atom. The van der Waals surface area contributed by atoms with E-state index in [0.717, 1.165) is 52.2 Å². The molecule has 2 aromatic carbocycles. The van der Waals surface area contributed by atoms with Crippen LogP contribution in [-0.2, 0) is 16.9 Å². The van der Waals surface area contributed by atoms with Gasteiger partial charge in [-0.1, -0.05) is 41.9 Å². The quantitative estimate of drug-likeness (QED) is 0.254. The van der Waals surface area contributed by atoms with Gasteiger partial charge in [0.25, 0.3) is 0 Å². The Bertz CT molecular complexity index is 1550. The zero-order valence-corrected chi connectivity index (χ0v) is 22.2. The highest BCUT2D eigenvalue weighted by molar-refractivity contribution is 7.18. The summed E-state index contributed by atoms with van der Waals surface area (Å²) in [6.45, 7) is 0.399. The predicted octanol–water partition coefficient (Wildman–Crippen LogP) is 7.99. The first kappa shape index (κ1) is 25.8. The second-order valence-corrected chi connectivity index (χ2v) is 12.6. The summed E-state index contributed by atoms with van der Waals surface area (Å²) in [5.74, 6) is 1.27. The molecule has 3 aliphatic rings. The first-order chi connectivity index (χ1) is 17.9. The Labute approximate surface area is 235 Å². The number of halogens is 2. The van der Waals surface area contributed by atoms with Gasteiger partial charge in [0.15, 0.2) is 0 Å². The van der Waals surface area contributed by atoms with Crippen LogP contribution in [0.3, 0.4) is 0 Å². The lowest BCUT2D eigenvalue weighted by Crippen LogP contribution is -2.58. The molecule has 4 aromatic rings. The number of nitriles is 1. The number of hydrogen-bond donors (Lipinski definition) is 1. The first-order valence-corrected chi connectivity index (χ1v) is 14.0. The fourth-order valence-corrected chi connectivity index (χ4v) is 7.76. The van der Waals surface area contributed by atoms with Gasteiger partial charge in [-0.25, -0.2) is 4.98 Å². The van der Waals surface area contributed by atoms with Crippen LogP contribution in [-0.4, -0.2) is 21.4 Å². The van der Waals surface area contributed by atoms with E-state index in [1.807, 2.05) is 18.2 Å². The molecule has 196 valence electrons. The minimum Gasteiger partial charge on any atom is -0.383 e. The molecule has 7 rings (SSSR count). The minimum atomic E-state index is -0.900. The Morgan fingerprint density at radius 3 is 2.58 bits per heavy atom. The summed E-state index contributed by atoms with van der Waals surface area (Å²) >= 11 is 14.4. The number of rotatable bonds is 6. The summed E-state index contributed by atoms with van der Waals surface area (Å²) < 4.78 is 13.0. The van der Waals surface area contributed by atoms with E-state index < -0.39 is 5.60 Å². The topological polar surface area (TPSA) is 92.2 Å². The summed E-state index contributed by atoms with van der Waals surface area (Å²) in [7, 11) is 0. The van der Waals surface area contributed by atoms with Crippen molar-refractivity contribution in [1.29, 1.82) is 5.26 Å². The van der Waals surface area contributed by atoms with Gasteiger partial charge in [-0.2, -0.15) is 5.26 Å². The van der Waals surface area contributed by atoms with Gasteiger partial charge in [0, 0.05) is 17.0 Å². The van der Waals surface area contributed by atoms with E-state index in [9.17, 15) is 5.11 Å². The second-order valence-electron chi connectivity index (χ2n) is 10.8. The van der Waals surface area contributed by atoms with Crippen molar-refractivity contribution in [2.75, 3.05) is 0 Å². The summed E-state index contributed by atoms with van der Waals surface area (Å²) in [6, 6.07) is 13.0. The maximum Gasteiger partial charge on any atom is 0.145 e. The molecule has 0 saturated heterocycles. The molecular formula is C29H27Cl2N3O3S. The van der Waals surface area contributed by atoms with Crippen LogP contribution >= 0.6 is 34.5 Å². The zero-order chi connectivity index (χ0) is 25.4. The van der Waals surface area contributed by atoms with Crippen molar-refractivity contribution < 1.29 is 14.4 Å². The van der Waals surface area contributed by atoms with Gasteiger partial charge in [0.2, 0.25) is 0 Å². The number of aliphatic hydroxyl groups is 1. The second kappa shape index (κ2) is 9.32. The lowest BCUT2D eigenvalue weighted by atomic mass is 9.49. The van der Waals surface area contributed by atoms with Crippen LogP contribution in [0.15, 0.2) is 40.9 Å². The molecule has 2 aromatic heterocycles. The first-order valence-electron chi connectivity index (χ1n) is 12.4. The van der Waals surface area contributed by atoms with Crippen molar-refractivity contribution in [2.24, 2.45) is 5.41 Å². The van der Waals surface area contributed by atoms with Crippen LogP contribution in [0.5, 0.6) is 0 Å². The molecule has 0 atom stereocenters. The normalized spacial score (nSPS) is 26.0. The molecule has 3 aliphatic carbocycles. The third kappa shape index (κ3) is 4.24. The molecular weight excluding hydrogens is 541 g/mol. The maximum atomic E-state index is 11.3. The monoisotopic (exact) mass is 567 g/mol. The molecule has 0 unspecified atom stereocenters. The van der Waals surface area contributed by atoms with Gasteiger partial charge < -0.3 is 14.4 Å². The molecule has 1 spiro atoms. The highest BCUT2D eigenvalue weighted by Gasteiger charge is 2.61. The predicted molar refractivity (Wildman–Crippen MR) is 148 cm³/mol. The number of hydrogen-bond acceptors (Lipinski definition) is 7. The smallest absolute Gasteiger partial charge is 0.145 e. The van der Waals surface area contributed by atoms with Crippen molar-refractivity contribution >= 4 is 44.8 Å². The van der Waals surface area contributed by atoms with Gasteiger partial charge in [0.1, 0.15) is 22.1 Å². The number of ether oxygens (including phenoxy) is 1. The Kier molecular flexibility index (Phi) is 6.33. The van der Waals surface area contributed by atoms with Crippen LogP contribution in [0.25, 0.3) is 21.5 Å². The van der Waals surface area contributed by atoms with Crippen LogP contribution in [0.1, 0.15) is 73.8 Å². The fourth-order valence-electron chi connectivity index (χ4n) is 6.10. The number of nitrogens with zero attached hydrogens (tertiary/aromatic N) is 3. The van der Waals surface area contributed by atoms with E-state index in [4.69, 9.17) is 37.7 Å². The van der Waals surface area contributed by atoms with E-state index >= 15 is 0 Å². The average molecular weight is 569 g/mol. The maximum absolute atomic E-state index is 11.3. The van der Waals surface area contributed by atoms with E-state index in [0.29, 0.717) is 52.2 Å². The number of fused-ring (bicyclic) bond motifs is 1. The van der Waals surface area contributed by atoms with Crippen molar-refractivity contribution in [3.63, 3.8) is 0 Å². The Hall–Kier alpha value is -2.47. The van der Waals surface area contributed by atoms with Crippen LogP contribution in [0.4, 0.5) is 0 Å². The number of thiazole rings is 1. The largest absolute Gasteiger partial charge is 0.383 e. The Morgan fingerprint density at radius 1 is 1.16 bits per heavy atom. The summed E-state index contributed by atoms with van der Waals surface area (Å²) in [5, 5.41) is 26.6. The van der Waals surface area contributed by atoms with Crippen molar-refractivity contribution in [2.45, 2.75) is 70.2 Å². The molecule has 2 heterocycles. The highest BCUT2D eigenvalue weighted by atomic mass is 35.5. The lowest BCUT2D eigenvalue weighted by Gasteiger charge is -2.60. The molecule has 0 aliphatic heterocycles. The number of benzene rings is 2. The van der Waals surface area contributed by atoms with Gasteiger partial charge in [0.05, 0.1) is 44.6 Å². The molecule has 1 N–H and O–H groups in total. The molecule has 3 fully saturated rings. The van der Waals surface area contributed by atoms with Gasteiger partial charge >= 0.3 is 0 Å². The van der Waals surface area contributed by atoms with Crippen LogP contribution in [0, 0.1) is 16.7 Å². The Balaban J connectivity index is 0.00000264. The summed E-state index contributed by atoms with van der Waals surface area (Å²) in [5.41, 5.74) is 2.93. The van der Waals surface area contributed by atoms with Crippen LogP contribution < -0.4 is 0 Å². The van der Waals surface area contributed by atoms with E-state index in [-0.39, 0.29) is 18.9 Å². The van der Waals surface area contributed by atoms with Gasteiger partial charge in [-0.15, -0.1) is 11.3 Å². The summed E-state index contributed by atoms with van der Waals surface area (Å²) in [4.78, 5) is 4.67. The van der Waals surface area contributed by atoms with Crippen molar-refractivity contribution in [3.05, 3.63) is 68.3 Å². The van der Waals surface area contributed by atoms with Crippen molar-refractivity contribution in [1.82, 2.24) is 10.1 Å².